The van der Waals surface area contributed by atoms with Crippen LogP contribution in [-0.2, 0) is 0 Å². The Hall–Kier alpha value is -0.730. The number of anilines is 1. The maximum absolute atomic E-state index is 6.21. The van der Waals surface area contributed by atoms with Gasteiger partial charge in [-0.25, -0.2) is 0 Å². The summed E-state index contributed by atoms with van der Waals surface area (Å²) in [5.41, 5.74) is 2.47. The molecule has 0 radical (unpaired) electrons. The molecule has 0 saturated heterocycles. The van der Waals surface area contributed by atoms with Gasteiger partial charge in [-0.3, -0.25) is 0 Å². The molecule has 2 nitrogen and oxygen atoms in total. The van der Waals surface area contributed by atoms with Gasteiger partial charge in [0, 0.05) is 29.8 Å². The molecule has 0 amide bonds. The number of hydrogen-bond donors (Lipinski definition) is 1. The van der Waals surface area contributed by atoms with Gasteiger partial charge in [-0.2, -0.15) is 0 Å². The molecule has 1 aliphatic rings. The first-order chi connectivity index (χ1) is 8.63. The molecule has 0 aromatic heterocycles. The zero-order valence-electron chi connectivity index (χ0n) is 11.5. The zero-order chi connectivity index (χ0) is 13.1. The van der Waals surface area contributed by atoms with E-state index >= 15 is 0 Å². The van der Waals surface area contributed by atoms with Gasteiger partial charge in [0.25, 0.3) is 0 Å². The average molecular weight is 267 g/mol. The molecule has 0 bridgehead atoms. The molecule has 0 aliphatic heterocycles. The van der Waals surface area contributed by atoms with Gasteiger partial charge in [0.2, 0.25) is 0 Å². The number of halogens is 1. The zero-order valence-corrected chi connectivity index (χ0v) is 12.3. The lowest BCUT2D eigenvalue weighted by molar-refractivity contribution is 0.351. The van der Waals surface area contributed by atoms with Crippen LogP contribution in [0.5, 0.6) is 0 Å². The van der Waals surface area contributed by atoms with Crippen LogP contribution in [0.4, 0.5) is 5.69 Å². The van der Waals surface area contributed by atoms with Crippen molar-refractivity contribution in [2.45, 2.75) is 44.7 Å². The quantitative estimate of drug-likeness (QED) is 0.899. The van der Waals surface area contributed by atoms with Gasteiger partial charge < -0.3 is 10.2 Å². The van der Waals surface area contributed by atoms with Crippen molar-refractivity contribution in [3.8, 4) is 0 Å². The molecule has 1 saturated carbocycles. The second-order valence-corrected chi connectivity index (χ2v) is 5.70. The first-order valence-corrected chi connectivity index (χ1v) is 7.16. The molecule has 18 heavy (non-hydrogen) atoms. The van der Waals surface area contributed by atoms with Gasteiger partial charge in [0.05, 0.1) is 0 Å². The fourth-order valence-corrected chi connectivity index (χ4v) is 3.10. The van der Waals surface area contributed by atoms with Crippen LogP contribution in [0.15, 0.2) is 18.2 Å². The minimum absolute atomic E-state index is 0.645. The molecule has 1 fully saturated rings. The molecule has 1 aliphatic carbocycles. The molecule has 0 unspecified atom stereocenters. The van der Waals surface area contributed by atoms with Gasteiger partial charge in [-0.1, -0.05) is 17.7 Å². The maximum atomic E-state index is 6.21. The Balaban J connectivity index is 2.08. The van der Waals surface area contributed by atoms with E-state index in [1.807, 2.05) is 12.1 Å². The van der Waals surface area contributed by atoms with Gasteiger partial charge in [-0.15, -0.1) is 0 Å². The second kappa shape index (κ2) is 5.94. The predicted octanol–water partition coefficient (Wildman–Crippen LogP) is 3.62. The monoisotopic (exact) mass is 266 g/mol. The molecule has 1 N–H and O–H groups in total. The number of rotatable bonds is 3. The maximum Gasteiger partial charge on any atom is 0.0455 e. The normalized spacial score (nSPS) is 24.0. The smallest absolute Gasteiger partial charge is 0.0455 e. The van der Waals surface area contributed by atoms with Gasteiger partial charge in [-0.05, 0) is 57.4 Å². The molecule has 3 heteroatoms. The number of nitrogens with zero attached hydrogens (tertiary/aromatic N) is 1. The van der Waals surface area contributed by atoms with E-state index in [9.17, 15) is 0 Å². The van der Waals surface area contributed by atoms with Crippen molar-refractivity contribution in [2.75, 3.05) is 19.0 Å². The third-order valence-corrected chi connectivity index (χ3v) is 4.68. The summed E-state index contributed by atoms with van der Waals surface area (Å²) < 4.78 is 0. The highest BCUT2D eigenvalue weighted by Crippen LogP contribution is 2.31. The lowest BCUT2D eigenvalue weighted by Gasteiger charge is -2.36. The van der Waals surface area contributed by atoms with Crippen LogP contribution in [0.1, 0.15) is 31.2 Å². The first-order valence-electron chi connectivity index (χ1n) is 6.78. The number of nitrogens with one attached hydrogen (secondary N) is 1. The van der Waals surface area contributed by atoms with Gasteiger partial charge >= 0.3 is 0 Å². The molecule has 2 rings (SSSR count). The van der Waals surface area contributed by atoms with Gasteiger partial charge in [0.15, 0.2) is 0 Å². The van der Waals surface area contributed by atoms with Crippen molar-refractivity contribution in [2.24, 2.45) is 0 Å². The Morgan fingerprint density at radius 1 is 1.22 bits per heavy atom. The highest BCUT2D eigenvalue weighted by molar-refractivity contribution is 6.31. The van der Waals surface area contributed by atoms with Crippen LogP contribution >= 0.6 is 11.6 Å². The largest absolute Gasteiger partial charge is 0.371 e. The predicted molar refractivity (Wildman–Crippen MR) is 79.7 cm³/mol. The van der Waals surface area contributed by atoms with Crippen molar-refractivity contribution in [1.29, 1.82) is 0 Å². The van der Waals surface area contributed by atoms with Crippen LogP contribution in [0.3, 0.4) is 0 Å². The molecular weight excluding hydrogens is 244 g/mol. The average Bonchev–Trinajstić information content (AvgIpc) is 2.41. The summed E-state index contributed by atoms with van der Waals surface area (Å²) >= 11 is 6.21. The van der Waals surface area contributed by atoms with Gasteiger partial charge in [0.1, 0.15) is 0 Å². The Morgan fingerprint density at radius 2 is 1.89 bits per heavy atom. The molecular formula is C15H23ClN2. The number of benzene rings is 1. The summed E-state index contributed by atoms with van der Waals surface area (Å²) in [6.07, 6.45) is 5.05. The van der Waals surface area contributed by atoms with E-state index in [1.165, 1.54) is 36.9 Å². The summed E-state index contributed by atoms with van der Waals surface area (Å²) in [6.45, 7) is 2.10. The molecule has 0 heterocycles. The molecule has 100 valence electrons. The van der Waals surface area contributed by atoms with Crippen molar-refractivity contribution in [3.63, 3.8) is 0 Å². The molecule has 1 aromatic rings. The van der Waals surface area contributed by atoms with Crippen molar-refractivity contribution < 1.29 is 0 Å². The third kappa shape index (κ3) is 2.81. The Labute approximate surface area is 115 Å². The minimum Gasteiger partial charge on any atom is -0.371 e. The van der Waals surface area contributed by atoms with Crippen LogP contribution in [-0.4, -0.2) is 26.2 Å². The standard InChI is InChI=1S/C15H23ClN2/c1-11-14(16)5-4-6-15(11)18(3)13-9-7-12(17-2)8-10-13/h4-6,12-13,17H,7-10H2,1-3H3. The summed E-state index contributed by atoms with van der Waals surface area (Å²) in [5, 5.41) is 4.25. The second-order valence-electron chi connectivity index (χ2n) is 5.29. The van der Waals surface area contributed by atoms with E-state index in [-0.39, 0.29) is 0 Å². The highest BCUT2D eigenvalue weighted by atomic mass is 35.5. The van der Waals surface area contributed by atoms with E-state index in [0.29, 0.717) is 12.1 Å². The highest BCUT2D eigenvalue weighted by Gasteiger charge is 2.24. The summed E-state index contributed by atoms with van der Waals surface area (Å²) in [5.74, 6) is 0. The van der Waals surface area contributed by atoms with Crippen molar-refractivity contribution >= 4 is 17.3 Å². The van der Waals surface area contributed by atoms with E-state index in [4.69, 9.17) is 11.6 Å². The third-order valence-electron chi connectivity index (χ3n) is 4.27. The molecule has 0 spiro atoms. The number of hydrogen-bond acceptors (Lipinski definition) is 2. The summed E-state index contributed by atoms with van der Waals surface area (Å²) in [7, 11) is 4.26. The summed E-state index contributed by atoms with van der Waals surface area (Å²) in [4.78, 5) is 2.41. The van der Waals surface area contributed by atoms with Crippen LogP contribution < -0.4 is 10.2 Å². The van der Waals surface area contributed by atoms with Crippen LogP contribution in [0.2, 0.25) is 5.02 Å². The van der Waals surface area contributed by atoms with E-state index < -0.39 is 0 Å². The van der Waals surface area contributed by atoms with Crippen LogP contribution in [0, 0.1) is 6.92 Å². The lowest BCUT2D eigenvalue weighted by atomic mass is 9.90. The molecule has 0 atom stereocenters. The fourth-order valence-electron chi connectivity index (χ4n) is 2.93. The van der Waals surface area contributed by atoms with E-state index in [2.05, 4.69) is 37.3 Å². The van der Waals surface area contributed by atoms with E-state index in [1.54, 1.807) is 0 Å². The van der Waals surface area contributed by atoms with Crippen molar-refractivity contribution in [3.05, 3.63) is 28.8 Å². The Kier molecular flexibility index (Phi) is 4.52. The fraction of sp³-hybridized carbons (Fsp3) is 0.600. The Bertz CT molecular complexity index is 397. The van der Waals surface area contributed by atoms with Crippen LogP contribution in [0.25, 0.3) is 0 Å². The molecule has 1 aromatic carbocycles. The lowest BCUT2D eigenvalue weighted by Crippen LogP contribution is -2.40. The minimum atomic E-state index is 0.645. The Morgan fingerprint density at radius 3 is 2.50 bits per heavy atom. The SMILES string of the molecule is CNC1CCC(N(C)c2cccc(Cl)c2C)CC1. The summed E-state index contributed by atoms with van der Waals surface area (Å²) in [6, 6.07) is 7.53. The first kappa shape index (κ1) is 13.7. The van der Waals surface area contributed by atoms with Crippen molar-refractivity contribution in [1.82, 2.24) is 5.32 Å². The van der Waals surface area contributed by atoms with E-state index in [0.717, 1.165) is 5.02 Å². The topological polar surface area (TPSA) is 15.3 Å².